The van der Waals surface area contributed by atoms with Crippen molar-refractivity contribution in [2.75, 3.05) is 40.0 Å². The topological polar surface area (TPSA) is 131 Å². The van der Waals surface area contributed by atoms with Gasteiger partial charge in [0.1, 0.15) is 6.61 Å². The van der Waals surface area contributed by atoms with E-state index < -0.39 is 20.4 Å². The van der Waals surface area contributed by atoms with Gasteiger partial charge in [-0.1, -0.05) is 39.0 Å². The minimum atomic E-state index is -1.03. The minimum Gasteiger partial charge on any atom is -0.349 e. The van der Waals surface area contributed by atoms with Crippen LogP contribution in [-0.4, -0.2) is 77.3 Å². The van der Waals surface area contributed by atoms with Gasteiger partial charge in [0.15, 0.2) is 29.2 Å². The molecule has 1 aromatic heterocycles. The van der Waals surface area contributed by atoms with Crippen molar-refractivity contribution in [3.05, 3.63) is 32.6 Å². The highest BCUT2D eigenvalue weighted by atomic mass is 127. The van der Waals surface area contributed by atoms with Gasteiger partial charge in [-0.15, -0.1) is 0 Å². The first-order valence-electron chi connectivity index (χ1n) is 14.8. The molecule has 0 spiro atoms. The van der Waals surface area contributed by atoms with E-state index in [2.05, 4.69) is 58.5 Å². The quantitative estimate of drug-likeness (QED) is 0.0670. The number of halogens is 1. The summed E-state index contributed by atoms with van der Waals surface area (Å²) in [5.41, 5.74) is -0.342. The van der Waals surface area contributed by atoms with Crippen LogP contribution in [0, 0.1) is 18.3 Å². The average molecular weight is 728 g/mol. The fraction of sp³-hybridized carbons (Fsp3) is 0.821. The molecule has 1 aromatic rings. The molecule has 242 valence electrons. The van der Waals surface area contributed by atoms with E-state index in [1.165, 1.54) is 36.7 Å². The van der Waals surface area contributed by atoms with Gasteiger partial charge in [-0.3, -0.25) is 19.2 Å². The molecular weight excluding hydrogens is 676 g/mol. The Hall–Kier alpha value is -0.950. The number of ether oxygens (including phenoxy) is 1. The Morgan fingerprint density at radius 3 is 2.43 bits per heavy atom. The SMILES string of the molecule is CCCCCCCCN1CC(COOI)OC(n2cc(C)c(=O)[nH]c2=O)C1.COP(OCCC#N)N(C(C)C)C(C)C. The summed E-state index contributed by atoms with van der Waals surface area (Å²) in [6, 6.07) is 2.80. The number of aryl methyl sites for hydroxylation is 1. The van der Waals surface area contributed by atoms with Crippen molar-refractivity contribution < 1.29 is 21.9 Å². The zero-order chi connectivity index (χ0) is 31.5. The molecule has 0 radical (unpaired) electrons. The Kier molecular flexibility index (Phi) is 21.0. The molecule has 1 N–H and O–H groups in total. The number of unbranched alkanes of at least 4 members (excludes halogenated alkanes) is 5. The van der Waals surface area contributed by atoms with Gasteiger partial charge < -0.3 is 13.8 Å². The zero-order valence-corrected chi connectivity index (χ0v) is 29.4. The van der Waals surface area contributed by atoms with Crippen molar-refractivity contribution in [2.24, 2.45) is 0 Å². The van der Waals surface area contributed by atoms with E-state index in [0.717, 1.165) is 19.5 Å². The highest BCUT2D eigenvalue weighted by molar-refractivity contribution is 14.1. The number of morpholine rings is 1. The van der Waals surface area contributed by atoms with Crippen LogP contribution in [0.15, 0.2) is 15.8 Å². The largest absolute Gasteiger partial charge is 0.349 e. The molecule has 1 saturated heterocycles. The van der Waals surface area contributed by atoms with E-state index in [1.54, 1.807) is 43.2 Å². The lowest BCUT2D eigenvalue weighted by Gasteiger charge is -2.38. The smallest absolute Gasteiger partial charge is 0.330 e. The number of nitriles is 1. The molecule has 3 unspecified atom stereocenters. The van der Waals surface area contributed by atoms with Crippen LogP contribution in [0.5, 0.6) is 0 Å². The molecule has 42 heavy (non-hydrogen) atoms. The number of hydrogen-bond acceptors (Lipinski definition) is 10. The number of aromatic amines is 1. The summed E-state index contributed by atoms with van der Waals surface area (Å²) in [5.74, 6) is 0. The van der Waals surface area contributed by atoms with Crippen molar-refractivity contribution in [2.45, 2.75) is 111 Å². The van der Waals surface area contributed by atoms with Crippen LogP contribution in [0.1, 0.15) is 91.4 Å². The van der Waals surface area contributed by atoms with Gasteiger partial charge >= 0.3 is 5.69 Å². The number of nitrogens with one attached hydrogen (secondary N) is 1. The number of hydrogen-bond donors (Lipinski definition) is 1. The third-order valence-electron chi connectivity index (χ3n) is 6.63. The van der Waals surface area contributed by atoms with Gasteiger partial charge in [-0.25, -0.2) is 14.4 Å². The van der Waals surface area contributed by atoms with Gasteiger partial charge in [0.25, 0.3) is 14.1 Å². The number of nitrogens with zero attached hydrogens (tertiary/aromatic N) is 4. The first kappa shape index (κ1) is 39.1. The van der Waals surface area contributed by atoms with E-state index in [0.29, 0.717) is 37.2 Å². The number of rotatable bonds is 18. The third kappa shape index (κ3) is 14.7. The highest BCUT2D eigenvalue weighted by Gasteiger charge is 2.30. The average Bonchev–Trinajstić information content (AvgIpc) is 2.95. The number of aromatic nitrogens is 2. The molecule has 0 aliphatic carbocycles. The fourth-order valence-corrected chi connectivity index (χ4v) is 6.27. The molecule has 12 nitrogen and oxygen atoms in total. The summed E-state index contributed by atoms with van der Waals surface area (Å²) >= 11 is 1.67. The molecule has 2 heterocycles. The van der Waals surface area contributed by atoms with Gasteiger partial charge in [-0.05, 0) is 47.6 Å². The summed E-state index contributed by atoms with van der Waals surface area (Å²) in [7, 11) is 0.618. The van der Waals surface area contributed by atoms with Crippen LogP contribution in [0.2, 0.25) is 0 Å². The fourth-order valence-electron chi connectivity index (χ4n) is 4.69. The van der Waals surface area contributed by atoms with E-state index in [1.807, 2.05) is 0 Å². The second-order valence-electron chi connectivity index (χ2n) is 10.8. The van der Waals surface area contributed by atoms with Crippen LogP contribution >= 0.6 is 31.5 Å². The van der Waals surface area contributed by atoms with Crippen LogP contribution in [0.25, 0.3) is 0 Å². The second kappa shape index (κ2) is 22.5. The molecule has 0 bridgehead atoms. The van der Waals surface area contributed by atoms with E-state index in [9.17, 15) is 9.59 Å². The van der Waals surface area contributed by atoms with Crippen molar-refractivity contribution >= 4 is 31.5 Å². The van der Waals surface area contributed by atoms with E-state index >= 15 is 0 Å². The normalized spacial score (nSPS) is 18.2. The molecule has 3 atom stereocenters. The van der Waals surface area contributed by atoms with Crippen LogP contribution in [-0.2, 0) is 21.9 Å². The summed E-state index contributed by atoms with van der Waals surface area (Å²) < 4.78 is 25.3. The van der Waals surface area contributed by atoms with Crippen LogP contribution in [0.3, 0.4) is 0 Å². The Labute approximate surface area is 266 Å². The van der Waals surface area contributed by atoms with Gasteiger partial charge in [0, 0.05) is 44.0 Å². The van der Waals surface area contributed by atoms with Crippen molar-refractivity contribution in [3.63, 3.8) is 0 Å². The third-order valence-corrected chi connectivity index (χ3v) is 8.90. The van der Waals surface area contributed by atoms with Crippen molar-refractivity contribution in [3.8, 4) is 6.07 Å². The molecule has 2 rings (SSSR count). The van der Waals surface area contributed by atoms with E-state index in [4.69, 9.17) is 23.9 Å². The maximum absolute atomic E-state index is 12.2. The minimum absolute atomic E-state index is 0.210. The lowest BCUT2D eigenvalue weighted by atomic mass is 10.1. The summed E-state index contributed by atoms with van der Waals surface area (Å²) in [4.78, 5) is 33.5. The predicted octanol–water partition coefficient (Wildman–Crippen LogP) is 5.61. The first-order valence-corrected chi connectivity index (χ1v) is 16.8. The Bertz CT molecular complexity index is 1010. The van der Waals surface area contributed by atoms with Gasteiger partial charge in [-0.2, -0.15) is 8.48 Å². The van der Waals surface area contributed by atoms with Crippen molar-refractivity contribution in [1.82, 2.24) is 19.1 Å². The highest BCUT2D eigenvalue weighted by Crippen LogP contribution is 2.44. The Morgan fingerprint density at radius 1 is 1.17 bits per heavy atom. The van der Waals surface area contributed by atoms with Gasteiger partial charge in [0.05, 0.1) is 25.2 Å². The standard InChI is InChI=1S/C18H30IN3O5.C10H21N2O2P/c1-3-4-5-6-7-8-9-21-11-15(13-25-27-19)26-16(12-21)22-10-14(2)17(23)20-18(22)24;1-9(2)12(10(3)4)15(13-5)14-8-6-7-11/h10,15-16H,3-9,11-13H2,1-2H3,(H,20,23,24);9-10H,6,8H2,1-5H3. The Balaban J connectivity index is 0.000000501. The summed E-state index contributed by atoms with van der Waals surface area (Å²) in [6.07, 6.45) is 8.71. The summed E-state index contributed by atoms with van der Waals surface area (Å²) in [5, 5.41) is 8.43. The maximum atomic E-state index is 12.2. The maximum Gasteiger partial charge on any atom is 0.330 e. The van der Waals surface area contributed by atoms with Crippen LogP contribution in [0.4, 0.5) is 0 Å². The molecule has 0 amide bonds. The predicted molar refractivity (Wildman–Crippen MR) is 173 cm³/mol. The van der Waals surface area contributed by atoms with E-state index in [-0.39, 0.29) is 18.3 Å². The van der Waals surface area contributed by atoms with Crippen molar-refractivity contribution in [1.29, 1.82) is 5.26 Å². The van der Waals surface area contributed by atoms with Crippen LogP contribution < -0.4 is 11.2 Å². The molecule has 1 aliphatic rings. The second-order valence-corrected chi connectivity index (χ2v) is 12.7. The molecule has 1 fully saturated rings. The number of H-pyrrole nitrogens is 1. The molecule has 14 heteroatoms. The Morgan fingerprint density at radius 2 is 1.83 bits per heavy atom. The van der Waals surface area contributed by atoms with Gasteiger partial charge in [0.2, 0.25) is 0 Å². The molecular formula is C28H51IN5O7P. The lowest BCUT2D eigenvalue weighted by Crippen LogP contribution is -2.50. The zero-order valence-electron chi connectivity index (χ0n) is 26.3. The monoisotopic (exact) mass is 727 g/mol. The lowest BCUT2D eigenvalue weighted by molar-refractivity contribution is -0.221. The molecule has 0 aromatic carbocycles. The first-order chi connectivity index (χ1) is 20.1. The summed E-state index contributed by atoms with van der Waals surface area (Å²) in [6.45, 7) is 15.3. The molecule has 0 saturated carbocycles. The molecule has 1 aliphatic heterocycles.